The van der Waals surface area contributed by atoms with Gasteiger partial charge in [0, 0.05) is 24.0 Å². The third kappa shape index (κ3) is 5.13. The Kier molecular flexibility index (Phi) is 6.35. The molecule has 3 aromatic carbocycles. The Labute approximate surface area is 186 Å². The number of nitrogens with zero attached hydrogens (tertiary/aromatic N) is 1. The number of rotatable bonds is 4. The average Bonchev–Trinajstić information content (AvgIpc) is 2.77. The lowest BCUT2D eigenvalue weighted by atomic mass is 9.84. The van der Waals surface area contributed by atoms with Crippen LogP contribution in [0.15, 0.2) is 72.8 Å². The summed E-state index contributed by atoms with van der Waals surface area (Å²) in [6.07, 6.45) is 0.117. The zero-order chi connectivity index (χ0) is 21.8. The van der Waals surface area contributed by atoms with Crippen LogP contribution < -0.4 is 5.48 Å². The van der Waals surface area contributed by atoms with Crippen LogP contribution in [0.2, 0.25) is 5.02 Å². The Bertz CT molecular complexity index is 1100. The summed E-state index contributed by atoms with van der Waals surface area (Å²) in [5.41, 5.74) is 7.25. The van der Waals surface area contributed by atoms with Gasteiger partial charge in [-0.3, -0.25) is 4.79 Å². The number of hydrogen-bond acceptors (Lipinski definition) is 4. The van der Waals surface area contributed by atoms with Gasteiger partial charge in [0.25, 0.3) is 5.91 Å². The summed E-state index contributed by atoms with van der Waals surface area (Å²) < 4.78 is 0. The van der Waals surface area contributed by atoms with Gasteiger partial charge in [-0.05, 0) is 53.6 Å². The average molecular weight is 435 g/mol. The van der Waals surface area contributed by atoms with Crippen LogP contribution in [0, 0.1) is 0 Å². The molecule has 0 unspecified atom stereocenters. The van der Waals surface area contributed by atoms with Crippen LogP contribution in [0.4, 0.5) is 0 Å². The maximum Gasteiger partial charge on any atom is 0.362 e. The maximum absolute atomic E-state index is 12.3. The van der Waals surface area contributed by atoms with E-state index >= 15 is 0 Å². The van der Waals surface area contributed by atoms with Gasteiger partial charge in [0.05, 0.1) is 12.0 Å². The van der Waals surface area contributed by atoms with Crippen LogP contribution in [0.3, 0.4) is 0 Å². The van der Waals surface area contributed by atoms with Crippen molar-refractivity contribution in [1.82, 2.24) is 10.4 Å². The minimum Gasteiger partial charge on any atom is -0.335 e. The highest BCUT2D eigenvalue weighted by Crippen LogP contribution is 2.33. The van der Waals surface area contributed by atoms with Gasteiger partial charge in [-0.25, -0.2) is 4.79 Å². The number of hydrogen-bond donors (Lipinski definition) is 1. The molecule has 6 heteroatoms. The third-order valence-corrected chi connectivity index (χ3v) is 5.67. The largest absolute Gasteiger partial charge is 0.362 e. The fraction of sp³-hybridized carbons (Fsp3) is 0.200. The fourth-order valence-electron chi connectivity index (χ4n) is 3.96. The molecule has 1 N–H and O–H groups in total. The topological polar surface area (TPSA) is 58.6 Å². The zero-order valence-electron chi connectivity index (χ0n) is 17.2. The summed E-state index contributed by atoms with van der Waals surface area (Å²) >= 11 is 5.81. The summed E-state index contributed by atoms with van der Waals surface area (Å²) in [4.78, 5) is 31.6. The molecule has 1 aliphatic rings. The van der Waals surface area contributed by atoms with E-state index in [-0.39, 0.29) is 18.2 Å². The number of benzene rings is 3. The number of likely N-dealkylation sites (N-methyl/N-ethyl adjacent to an activating group) is 1. The highest BCUT2D eigenvalue weighted by Gasteiger charge is 2.24. The lowest BCUT2D eigenvalue weighted by Gasteiger charge is -2.32. The first-order valence-electron chi connectivity index (χ1n) is 10.1. The second-order valence-electron chi connectivity index (χ2n) is 7.79. The van der Waals surface area contributed by atoms with Crippen LogP contribution in [0.25, 0.3) is 0 Å². The van der Waals surface area contributed by atoms with Crippen molar-refractivity contribution in [2.24, 2.45) is 0 Å². The van der Waals surface area contributed by atoms with Crippen molar-refractivity contribution in [3.05, 3.63) is 106 Å². The van der Waals surface area contributed by atoms with Gasteiger partial charge in [-0.1, -0.05) is 60.1 Å². The first-order valence-corrected chi connectivity index (χ1v) is 10.5. The fourth-order valence-corrected chi connectivity index (χ4v) is 4.08. The molecule has 158 valence electrons. The van der Waals surface area contributed by atoms with Crippen LogP contribution in [-0.2, 0) is 22.6 Å². The first-order chi connectivity index (χ1) is 15.0. The highest BCUT2D eigenvalue weighted by molar-refractivity contribution is 6.30. The Morgan fingerprint density at radius 1 is 1.06 bits per heavy atom. The van der Waals surface area contributed by atoms with E-state index in [2.05, 4.69) is 53.8 Å². The molecule has 0 saturated heterocycles. The SMILES string of the molecule is CN1Cc2ccccc2[C@@H](c2cccc(CC(=O)NOC(=O)c3ccc(Cl)cc3)c2)C1. The number of fused-ring (bicyclic) bond motifs is 1. The molecule has 0 aliphatic carbocycles. The van der Waals surface area contributed by atoms with Gasteiger partial charge in [-0.2, -0.15) is 5.48 Å². The minimum atomic E-state index is -0.638. The summed E-state index contributed by atoms with van der Waals surface area (Å²) in [6.45, 7) is 1.86. The second-order valence-corrected chi connectivity index (χ2v) is 8.23. The van der Waals surface area contributed by atoms with Crippen molar-refractivity contribution in [3.8, 4) is 0 Å². The summed E-state index contributed by atoms with van der Waals surface area (Å²) in [5.74, 6) is -0.776. The number of halogens is 1. The zero-order valence-corrected chi connectivity index (χ0v) is 17.9. The van der Waals surface area contributed by atoms with Gasteiger partial charge in [0.15, 0.2) is 0 Å². The Morgan fingerprint density at radius 2 is 1.84 bits per heavy atom. The molecule has 0 aromatic heterocycles. The molecule has 1 heterocycles. The van der Waals surface area contributed by atoms with Gasteiger partial charge in [-0.15, -0.1) is 0 Å². The summed E-state index contributed by atoms with van der Waals surface area (Å²) in [6, 6.07) is 22.8. The van der Waals surface area contributed by atoms with Crippen LogP contribution in [0.1, 0.15) is 38.5 Å². The molecule has 3 aromatic rings. The minimum absolute atomic E-state index is 0.117. The van der Waals surface area contributed by atoms with Crippen molar-refractivity contribution in [2.75, 3.05) is 13.6 Å². The molecule has 0 bridgehead atoms. The van der Waals surface area contributed by atoms with Crippen molar-refractivity contribution in [3.63, 3.8) is 0 Å². The molecular formula is C25H23ClN2O3. The molecule has 0 saturated carbocycles. The van der Waals surface area contributed by atoms with Gasteiger partial charge < -0.3 is 9.74 Å². The lowest BCUT2D eigenvalue weighted by molar-refractivity contribution is -0.129. The van der Waals surface area contributed by atoms with Crippen LogP contribution in [0.5, 0.6) is 0 Å². The molecule has 0 spiro atoms. The summed E-state index contributed by atoms with van der Waals surface area (Å²) in [7, 11) is 2.12. The quantitative estimate of drug-likeness (QED) is 0.620. The molecule has 1 aliphatic heterocycles. The first kappa shape index (κ1) is 21.1. The van der Waals surface area contributed by atoms with Gasteiger partial charge >= 0.3 is 5.97 Å². The smallest absolute Gasteiger partial charge is 0.335 e. The molecule has 0 fully saturated rings. The second kappa shape index (κ2) is 9.33. The van der Waals surface area contributed by atoms with Gasteiger partial charge in [0.1, 0.15) is 0 Å². The Morgan fingerprint density at radius 3 is 2.65 bits per heavy atom. The molecule has 0 radical (unpaired) electrons. The number of hydroxylamine groups is 1. The number of nitrogens with one attached hydrogen (secondary N) is 1. The van der Waals surface area contributed by atoms with Crippen molar-refractivity contribution in [1.29, 1.82) is 0 Å². The summed E-state index contributed by atoms with van der Waals surface area (Å²) in [5, 5.41) is 0.521. The number of amides is 1. The molecule has 5 nitrogen and oxygen atoms in total. The molecule has 31 heavy (non-hydrogen) atoms. The Hall–Kier alpha value is -3.15. The van der Waals surface area contributed by atoms with Gasteiger partial charge in [0.2, 0.25) is 0 Å². The maximum atomic E-state index is 12.3. The van der Waals surface area contributed by atoms with E-state index in [1.54, 1.807) is 24.3 Å². The van der Waals surface area contributed by atoms with Crippen molar-refractivity contribution < 1.29 is 14.4 Å². The van der Waals surface area contributed by atoms with E-state index in [0.29, 0.717) is 10.6 Å². The van der Waals surface area contributed by atoms with Crippen molar-refractivity contribution in [2.45, 2.75) is 18.9 Å². The van der Waals surface area contributed by atoms with E-state index in [1.165, 1.54) is 16.7 Å². The number of carbonyl (C=O) groups excluding carboxylic acids is 2. The lowest BCUT2D eigenvalue weighted by Crippen LogP contribution is -2.31. The third-order valence-electron chi connectivity index (χ3n) is 5.42. The standard InChI is InChI=1S/C25H23ClN2O3/c1-28-15-20-6-2-3-8-22(20)23(16-28)19-7-4-5-17(13-19)14-24(29)27-31-25(30)18-9-11-21(26)12-10-18/h2-13,23H,14-16H2,1H3,(H,27,29)/t23-/m1/s1. The molecular weight excluding hydrogens is 412 g/mol. The van der Waals surface area contributed by atoms with E-state index in [1.807, 2.05) is 12.1 Å². The molecule has 1 atom stereocenters. The predicted octanol–water partition coefficient (Wildman–Crippen LogP) is 4.35. The van der Waals surface area contributed by atoms with Crippen molar-refractivity contribution >= 4 is 23.5 Å². The highest BCUT2D eigenvalue weighted by atomic mass is 35.5. The van der Waals surface area contributed by atoms with Crippen LogP contribution in [-0.4, -0.2) is 30.4 Å². The monoisotopic (exact) mass is 434 g/mol. The van der Waals surface area contributed by atoms with E-state index in [4.69, 9.17) is 16.4 Å². The van der Waals surface area contributed by atoms with E-state index in [9.17, 15) is 9.59 Å². The molecule has 4 rings (SSSR count). The van der Waals surface area contributed by atoms with Crippen LogP contribution >= 0.6 is 11.6 Å². The Balaban J connectivity index is 1.41. The normalized spacial score (nSPS) is 15.7. The van der Waals surface area contributed by atoms with E-state index in [0.717, 1.165) is 18.7 Å². The predicted molar refractivity (Wildman–Crippen MR) is 120 cm³/mol. The van der Waals surface area contributed by atoms with E-state index < -0.39 is 5.97 Å². The number of carbonyl (C=O) groups is 2. The molecule has 1 amide bonds.